The Balaban J connectivity index is 3.02. The van der Waals surface area contributed by atoms with E-state index in [0.717, 1.165) is 0 Å². The summed E-state index contributed by atoms with van der Waals surface area (Å²) in [6, 6.07) is 0. The van der Waals surface area contributed by atoms with Crippen molar-refractivity contribution in [1.29, 1.82) is 0 Å². The van der Waals surface area contributed by atoms with Gasteiger partial charge in [-0.2, -0.15) is 0 Å². The van der Waals surface area contributed by atoms with Gasteiger partial charge in [0.05, 0.1) is 0 Å². The third kappa shape index (κ3) is 117. The van der Waals surface area contributed by atoms with E-state index >= 15 is 0 Å². The second-order valence-corrected chi connectivity index (χ2v) is 1.82. The minimum absolute atomic E-state index is 7.06. The van der Waals surface area contributed by atoms with Crippen LogP contribution < -0.4 is 0 Å². The van der Waals surface area contributed by atoms with Crippen LogP contribution in [-0.2, 0) is 0 Å². The maximum atomic E-state index is 9.88. The van der Waals surface area contributed by atoms with Crippen molar-refractivity contribution in [3.05, 3.63) is 0 Å². The van der Waals surface area contributed by atoms with Crippen LogP contribution in [0.4, 0.5) is 11.8 Å². The third-order valence-electron chi connectivity index (χ3n) is 0. The molecule has 0 saturated carbocycles. The highest BCUT2D eigenvalue weighted by Gasteiger charge is 2.64. The fraction of sp³-hybridized carbons (Fsp3) is 0. The maximum absolute atomic E-state index is 9.88. The molecule has 0 bridgehead atoms. The van der Waals surface area contributed by atoms with Crippen LogP contribution in [0, 0.1) is 0 Å². The van der Waals surface area contributed by atoms with Crippen molar-refractivity contribution in [1.82, 2.24) is 0 Å². The molecule has 0 atom stereocenters. The van der Waals surface area contributed by atoms with Gasteiger partial charge in [-0.05, 0) is 0 Å². The molecule has 0 fully saturated rings. The number of rotatable bonds is 0. The predicted octanol–water partition coefficient (Wildman–Crippen LogP) is 1.30. The van der Waals surface area contributed by atoms with Crippen molar-refractivity contribution >= 4 is 19.9 Å². The quantitative estimate of drug-likeness (QED) is 0.318. The average molecular weight is 100 g/mol. The Morgan fingerprint density at radius 1 is 0.800 bits per heavy atom. The van der Waals surface area contributed by atoms with E-state index in [-0.39, 0.29) is 0 Å². The molecule has 30 valence electrons. The average Bonchev–Trinajstić information content (AvgIpc) is 0.722. The van der Waals surface area contributed by atoms with Crippen LogP contribution in [0.25, 0.3) is 0 Å². The van der Waals surface area contributed by atoms with E-state index in [9.17, 15) is 11.8 Å². The van der Waals surface area contributed by atoms with Gasteiger partial charge in [0.25, 0.3) is 0 Å². The van der Waals surface area contributed by atoms with Gasteiger partial charge < -0.3 is 11.8 Å². The lowest BCUT2D eigenvalue weighted by atomic mass is 18.3. The molecule has 5 heteroatoms. The molecule has 0 N–H and O–H groups in total. The van der Waals surface area contributed by atoms with E-state index in [2.05, 4.69) is 0 Å². The Hall–Kier alpha value is 0.486. The van der Waals surface area contributed by atoms with Gasteiger partial charge in [-0.25, -0.2) is 0 Å². The van der Waals surface area contributed by atoms with Crippen molar-refractivity contribution < 1.29 is 11.8 Å². The largest absolute Gasteiger partial charge is 1.29 e. The minimum atomic E-state index is -7.06. The standard InChI is InChI=1S/4FH.Mg/h4*1H;/q;;;;+4/p-4. The number of hydrogen-bond acceptors (Lipinski definition) is 0. The van der Waals surface area contributed by atoms with E-state index in [0.29, 0.717) is 0 Å². The van der Waals surface area contributed by atoms with Crippen LogP contribution in [0.1, 0.15) is 0 Å². The van der Waals surface area contributed by atoms with Crippen LogP contribution in [0.2, 0.25) is 0 Å². The molecule has 0 nitrogen and oxygen atoms in total. The van der Waals surface area contributed by atoms with Crippen molar-refractivity contribution in [2.45, 2.75) is 0 Å². The summed E-state index contributed by atoms with van der Waals surface area (Å²) in [6.45, 7) is 0. The lowest BCUT2D eigenvalue weighted by molar-refractivity contribution is 0.368. The summed E-state index contributed by atoms with van der Waals surface area (Å²) in [7, 11) is 0. The van der Waals surface area contributed by atoms with Gasteiger partial charge in [-0.1, -0.05) is 0 Å². The topological polar surface area (TPSA) is 0 Å². The van der Waals surface area contributed by atoms with E-state index in [4.69, 9.17) is 0 Å². The number of hydrogen-bond donors (Lipinski definition) is 0. The Kier molecular flexibility index (Phi) is 1.42. The molecule has 0 spiro atoms. The Bertz CT molecular complexity index is 19.1. The molecule has 0 aliphatic carbocycles. The van der Waals surface area contributed by atoms with Gasteiger partial charge in [0.1, 0.15) is 0 Å². The van der Waals surface area contributed by atoms with Gasteiger partial charge in [0, 0.05) is 0 Å². The highest BCUT2D eigenvalue weighted by atomic mass is 25.0. The van der Waals surface area contributed by atoms with Gasteiger partial charge >= 0.3 is 19.9 Å². The van der Waals surface area contributed by atoms with Gasteiger partial charge in [-0.15, -0.1) is 0 Å². The van der Waals surface area contributed by atoms with Gasteiger partial charge in [-0.3, -0.25) is 0 Å². The molecule has 2 radical (unpaired) electrons. The molecule has 5 heavy (non-hydrogen) atoms. The fourth-order valence-electron chi connectivity index (χ4n) is 0. The molecule has 0 aromatic rings. The third-order valence-corrected chi connectivity index (χ3v) is 0. The molecule has 0 aliphatic rings. The zero-order chi connectivity index (χ0) is 4.50. The Labute approximate surface area is 32.4 Å². The van der Waals surface area contributed by atoms with Gasteiger partial charge in [0.2, 0.25) is 0 Å². The van der Waals surface area contributed by atoms with Gasteiger partial charge in [0.15, 0.2) is 0 Å². The van der Waals surface area contributed by atoms with Crippen molar-refractivity contribution in [3.8, 4) is 0 Å². The molecule has 0 saturated heterocycles. The second kappa shape index (κ2) is 1.30. The molecular formula is F4Mg. The zero-order valence-electron chi connectivity index (χ0n) is 2.22. The summed E-state index contributed by atoms with van der Waals surface area (Å²) in [5.74, 6) is 0. The monoisotopic (exact) mass is 100.0 g/mol. The summed E-state index contributed by atoms with van der Waals surface area (Å²) in [6.07, 6.45) is 0. The molecule has 0 aliphatic heterocycles. The number of halogens is 4. The zero-order valence-corrected chi connectivity index (χ0v) is 3.63. The second-order valence-electron chi connectivity index (χ2n) is 0.606. The first-order chi connectivity index (χ1) is 2.00. The van der Waals surface area contributed by atoms with Crippen LogP contribution in [-0.4, -0.2) is 19.9 Å². The molecule has 0 unspecified atom stereocenters. The molecule has 0 aromatic heterocycles. The van der Waals surface area contributed by atoms with E-state index in [1.165, 1.54) is 0 Å². The summed E-state index contributed by atoms with van der Waals surface area (Å²) in [4.78, 5) is 0. The van der Waals surface area contributed by atoms with Crippen LogP contribution in [0.5, 0.6) is 0 Å². The first-order valence-corrected chi connectivity index (χ1v) is 3.21. The lowest BCUT2D eigenvalue weighted by Crippen LogP contribution is -2.02. The Morgan fingerprint density at radius 2 is 0.800 bits per heavy atom. The van der Waals surface area contributed by atoms with E-state index in [1.54, 1.807) is 0 Å². The highest BCUT2D eigenvalue weighted by Crippen LogP contribution is 2.06. The predicted molar refractivity (Wildman–Crippen MR) is 10.2 cm³/mol. The van der Waals surface area contributed by atoms with Crippen molar-refractivity contribution in [2.24, 2.45) is 0 Å². The summed E-state index contributed by atoms with van der Waals surface area (Å²) >= 11 is -7.06. The summed E-state index contributed by atoms with van der Waals surface area (Å²) in [5, 5.41) is 0. The molecule has 0 rings (SSSR count). The smallest absolute Gasteiger partial charge is 0.322 e. The normalized spacial score (nSPS) is 12.0. The minimum Gasteiger partial charge on any atom is -0.322 e. The molecule has 0 heterocycles. The fourth-order valence-corrected chi connectivity index (χ4v) is 0. The SMILES string of the molecule is [F][Mg]([F])([F])[F]. The van der Waals surface area contributed by atoms with Crippen molar-refractivity contribution in [2.75, 3.05) is 0 Å². The first kappa shape index (κ1) is 5.49. The molecule has 0 aromatic carbocycles. The van der Waals surface area contributed by atoms with Crippen LogP contribution in [0.3, 0.4) is 0 Å². The van der Waals surface area contributed by atoms with Crippen molar-refractivity contribution in [3.63, 3.8) is 0 Å². The summed E-state index contributed by atoms with van der Waals surface area (Å²) in [5.41, 5.74) is 0. The van der Waals surface area contributed by atoms with E-state index in [1.807, 2.05) is 0 Å². The highest BCUT2D eigenvalue weighted by molar-refractivity contribution is 6.50. The molecular weight excluding hydrogens is 100 g/mol. The van der Waals surface area contributed by atoms with Crippen LogP contribution in [0.15, 0.2) is 0 Å². The van der Waals surface area contributed by atoms with Crippen LogP contribution >= 0.6 is 0 Å². The Morgan fingerprint density at radius 3 is 0.800 bits per heavy atom. The summed E-state index contributed by atoms with van der Waals surface area (Å²) < 4.78 is 39.5. The molecule has 0 amide bonds. The maximum Gasteiger partial charge on any atom is 1.29 e. The lowest BCUT2D eigenvalue weighted by Gasteiger charge is -1.67. The van der Waals surface area contributed by atoms with E-state index < -0.39 is 19.9 Å². The first-order valence-electron chi connectivity index (χ1n) is 1.07.